The number of carbonyl (C=O) groups excluding carboxylic acids is 1. The molecule has 0 N–H and O–H groups in total. The lowest BCUT2D eigenvalue weighted by atomic mass is 10.1. The summed E-state index contributed by atoms with van der Waals surface area (Å²) in [5.41, 5.74) is 2.98. The summed E-state index contributed by atoms with van der Waals surface area (Å²) in [6.45, 7) is 2.41. The SMILES string of the molecule is CC(=O)c1ccc(Br)cc1N(C)Cc1ccsc1. The summed E-state index contributed by atoms with van der Waals surface area (Å²) in [6, 6.07) is 7.86. The van der Waals surface area contributed by atoms with E-state index in [1.165, 1.54) is 5.56 Å². The van der Waals surface area contributed by atoms with Gasteiger partial charge in [-0.3, -0.25) is 4.79 Å². The third-order valence-electron chi connectivity index (χ3n) is 2.75. The van der Waals surface area contributed by atoms with Gasteiger partial charge in [0.25, 0.3) is 0 Å². The van der Waals surface area contributed by atoms with Crippen LogP contribution in [0.25, 0.3) is 0 Å². The van der Waals surface area contributed by atoms with Crippen LogP contribution in [0.3, 0.4) is 0 Å². The van der Waals surface area contributed by atoms with Gasteiger partial charge in [0, 0.05) is 29.3 Å². The normalized spacial score (nSPS) is 10.4. The topological polar surface area (TPSA) is 20.3 Å². The average Bonchev–Trinajstić information content (AvgIpc) is 2.81. The first kappa shape index (κ1) is 13.3. The molecule has 1 heterocycles. The summed E-state index contributed by atoms with van der Waals surface area (Å²) in [4.78, 5) is 13.7. The van der Waals surface area contributed by atoms with Crippen molar-refractivity contribution in [2.45, 2.75) is 13.5 Å². The Kier molecular flexibility index (Phi) is 4.19. The molecule has 0 aliphatic rings. The van der Waals surface area contributed by atoms with E-state index < -0.39 is 0 Å². The van der Waals surface area contributed by atoms with Crippen LogP contribution in [0.1, 0.15) is 22.8 Å². The maximum Gasteiger partial charge on any atom is 0.161 e. The van der Waals surface area contributed by atoms with E-state index in [2.05, 4.69) is 37.7 Å². The van der Waals surface area contributed by atoms with Crippen molar-refractivity contribution in [3.63, 3.8) is 0 Å². The zero-order valence-corrected chi connectivity index (χ0v) is 12.7. The highest BCUT2D eigenvalue weighted by Crippen LogP contribution is 2.26. The molecule has 0 atom stereocenters. The first-order valence-corrected chi connectivity index (χ1v) is 7.34. The van der Waals surface area contributed by atoms with Crippen molar-refractivity contribution in [3.05, 3.63) is 50.6 Å². The summed E-state index contributed by atoms with van der Waals surface area (Å²) in [5, 5.41) is 4.19. The number of carbonyl (C=O) groups is 1. The van der Waals surface area contributed by atoms with Crippen LogP contribution in [0, 0.1) is 0 Å². The number of nitrogens with zero attached hydrogens (tertiary/aromatic N) is 1. The number of ketones is 1. The van der Waals surface area contributed by atoms with E-state index in [1.54, 1.807) is 18.3 Å². The molecule has 2 aromatic rings. The number of Topliss-reactive ketones (excluding diaryl/α,β-unsaturated/α-hetero) is 1. The molecule has 0 unspecified atom stereocenters. The predicted octanol–water partition coefficient (Wildman–Crippen LogP) is 4.35. The number of benzene rings is 1. The van der Waals surface area contributed by atoms with Crippen molar-refractivity contribution in [1.29, 1.82) is 0 Å². The van der Waals surface area contributed by atoms with E-state index in [-0.39, 0.29) is 5.78 Å². The van der Waals surface area contributed by atoms with Gasteiger partial charge in [0.1, 0.15) is 0 Å². The molecule has 1 aromatic carbocycles. The molecule has 0 aliphatic heterocycles. The molecule has 94 valence electrons. The summed E-state index contributed by atoms with van der Waals surface area (Å²) < 4.78 is 0.986. The molecule has 2 nitrogen and oxygen atoms in total. The molecule has 0 radical (unpaired) electrons. The van der Waals surface area contributed by atoms with Crippen LogP contribution in [-0.4, -0.2) is 12.8 Å². The number of anilines is 1. The van der Waals surface area contributed by atoms with Crippen LogP contribution in [-0.2, 0) is 6.54 Å². The van der Waals surface area contributed by atoms with Crippen molar-refractivity contribution in [3.8, 4) is 0 Å². The Bertz CT molecular complexity index is 551. The van der Waals surface area contributed by atoms with E-state index >= 15 is 0 Å². The highest BCUT2D eigenvalue weighted by atomic mass is 79.9. The highest BCUT2D eigenvalue weighted by Gasteiger charge is 2.12. The Morgan fingerprint density at radius 3 is 2.78 bits per heavy atom. The number of hydrogen-bond donors (Lipinski definition) is 0. The fourth-order valence-corrected chi connectivity index (χ4v) is 2.87. The second-order valence-electron chi connectivity index (χ2n) is 4.21. The molecular weight excluding hydrogens is 310 g/mol. The zero-order chi connectivity index (χ0) is 13.1. The van der Waals surface area contributed by atoms with Gasteiger partial charge in [-0.15, -0.1) is 0 Å². The van der Waals surface area contributed by atoms with Gasteiger partial charge in [0.05, 0.1) is 0 Å². The van der Waals surface area contributed by atoms with Crippen LogP contribution >= 0.6 is 27.3 Å². The van der Waals surface area contributed by atoms with Crippen molar-refractivity contribution in [2.24, 2.45) is 0 Å². The Morgan fingerprint density at radius 1 is 1.39 bits per heavy atom. The third kappa shape index (κ3) is 3.00. The Labute approximate surface area is 119 Å². The largest absolute Gasteiger partial charge is 0.370 e. The molecule has 0 bridgehead atoms. The number of rotatable bonds is 4. The number of halogens is 1. The van der Waals surface area contributed by atoms with Crippen LogP contribution in [0.5, 0.6) is 0 Å². The number of hydrogen-bond acceptors (Lipinski definition) is 3. The van der Waals surface area contributed by atoms with Gasteiger partial charge in [0.15, 0.2) is 5.78 Å². The molecule has 1 aromatic heterocycles. The Morgan fingerprint density at radius 2 is 2.17 bits per heavy atom. The first-order valence-electron chi connectivity index (χ1n) is 5.60. The molecule has 0 aliphatic carbocycles. The maximum atomic E-state index is 11.6. The molecule has 0 saturated heterocycles. The van der Waals surface area contributed by atoms with Gasteiger partial charge in [0.2, 0.25) is 0 Å². The van der Waals surface area contributed by atoms with Crippen molar-refractivity contribution in [2.75, 3.05) is 11.9 Å². The van der Waals surface area contributed by atoms with Gasteiger partial charge in [-0.25, -0.2) is 0 Å². The lowest BCUT2D eigenvalue weighted by Gasteiger charge is -2.21. The average molecular weight is 324 g/mol. The maximum absolute atomic E-state index is 11.6. The van der Waals surface area contributed by atoms with Gasteiger partial charge in [-0.1, -0.05) is 15.9 Å². The minimum Gasteiger partial charge on any atom is -0.370 e. The van der Waals surface area contributed by atoms with Crippen LogP contribution in [0.15, 0.2) is 39.5 Å². The van der Waals surface area contributed by atoms with Gasteiger partial charge in [-0.05, 0) is 47.5 Å². The van der Waals surface area contributed by atoms with Gasteiger partial charge in [-0.2, -0.15) is 11.3 Å². The molecule has 0 spiro atoms. The standard InChI is InChI=1S/C14H14BrNOS/c1-10(17)13-4-3-12(15)7-14(13)16(2)8-11-5-6-18-9-11/h3-7,9H,8H2,1-2H3. The smallest absolute Gasteiger partial charge is 0.161 e. The molecule has 4 heteroatoms. The predicted molar refractivity (Wildman–Crippen MR) is 80.6 cm³/mol. The van der Waals surface area contributed by atoms with E-state index in [9.17, 15) is 4.79 Å². The van der Waals surface area contributed by atoms with Crippen molar-refractivity contribution < 1.29 is 4.79 Å². The molecule has 2 rings (SSSR count). The van der Waals surface area contributed by atoms with E-state index in [0.29, 0.717) is 0 Å². The molecular formula is C14H14BrNOS. The van der Waals surface area contributed by atoms with Crippen molar-refractivity contribution in [1.82, 2.24) is 0 Å². The molecule has 18 heavy (non-hydrogen) atoms. The highest BCUT2D eigenvalue weighted by molar-refractivity contribution is 9.10. The minimum absolute atomic E-state index is 0.0923. The monoisotopic (exact) mass is 323 g/mol. The Balaban J connectivity index is 2.31. The zero-order valence-electron chi connectivity index (χ0n) is 10.3. The second-order valence-corrected chi connectivity index (χ2v) is 5.90. The fraction of sp³-hybridized carbons (Fsp3) is 0.214. The van der Waals surface area contributed by atoms with Crippen LogP contribution in [0.2, 0.25) is 0 Å². The lowest BCUT2D eigenvalue weighted by molar-refractivity contribution is 0.101. The molecule has 0 amide bonds. The molecule has 0 saturated carbocycles. The summed E-state index contributed by atoms with van der Waals surface area (Å²) >= 11 is 5.14. The quantitative estimate of drug-likeness (QED) is 0.779. The lowest BCUT2D eigenvalue weighted by Crippen LogP contribution is -2.18. The molecule has 0 fully saturated rings. The summed E-state index contributed by atoms with van der Waals surface area (Å²) in [6.07, 6.45) is 0. The fourth-order valence-electron chi connectivity index (χ4n) is 1.86. The third-order valence-corrected chi connectivity index (χ3v) is 3.98. The van der Waals surface area contributed by atoms with Crippen LogP contribution in [0.4, 0.5) is 5.69 Å². The minimum atomic E-state index is 0.0923. The second kappa shape index (κ2) is 5.67. The summed E-state index contributed by atoms with van der Waals surface area (Å²) in [7, 11) is 2.01. The van der Waals surface area contributed by atoms with Crippen molar-refractivity contribution >= 4 is 38.7 Å². The van der Waals surface area contributed by atoms with E-state index in [1.807, 2.05) is 25.2 Å². The van der Waals surface area contributed by atoms with Gasteiger partial charge >= 0.3 is 0 Å². The van der Waals surface area contributed by atoms with E-state index in [4.69, 9.17) is 0 Å². The van der Waals surface area contributed by atoms with Gasteiger partial charge < -0.3 is 4.90 Å². The van der Waals surface area contributed by atoms with Crippen LogP contribution < -0.4 is 4.90 Å². The number of thiophene rings is 1. The first-order chi connectivity index (χ1) is 8.58. The summed E-state index contributed by atoms with van der Waals surface area (Å²) in [5.74, 6) is 0.0923. The Hall–Kier alpha value is -1.13. The van der Waals surface area contributed by atoms with E-state index in [0.717, 1.165) is 22.3 Å².